The summed E-state index contributed by atoms with van der Waals surface area (Å²) in [5.74, 6) is 0.430. The molecule has 3 heterocycles. The van der Waals surface area contributed by atoms with Crippen molar-refractivity contribution in [2.45, 2.75) is 32.4 Å². The van der Waals surface area contributed by atoms with Crippen molar-refractivity contribution in [3.8, 4) is 11.5 Å². The molecule has 0 fully saturated rings. The van der Waals surface area contributed by atoms with E-state index in [1.165, 1.54) is 0 Å². The number of rotatable bonds is 6. The molecule has 0 amide bonds. The second-order valence-corrected chi connectivity index (χ2v) is 13.7. The summed E-state index contributed by atoms with van der Waals surface area (Å²) in [5, 5.41) is 15.0. The van der Waals surface area contributed by atoms with Crippen molar-refractivity contribution < 1.29 is 4.74 Å². The van der Waals surface area contributed by atoms with Crippen LogP contribution in [0.3, 0.4) is 0 Å². The smallest absolute Gasteiger partial charge is 0.274 e. The Morgan fingerprint density at radius 3 is 2.76 bits per heavy atom. The number of fused-ring (bicyclic) bond motifs is 1. The highest BCUT2D eigenvalue weighted by Gasteiger charge is 2.19. The summed E-state index contributed by atoms with van der Waals surface area (Å²) in [5.41, 5.74) is 1.16. The molecule has 0 saturated carbocycles. The molecular formula is C15H21BrN6O2Si. The highest BCUT2D eigenvalue weighted by Crippen LogP contribution is 2.29. The lowest BCUT2D eigenvalue weighted by molar-refractivity contribution is 0.0910. The average molecular weight is 425 g/mol. The maximum Gasteiger partial charge on any atom is 0.274 e. The van der Waals surface area contributed by atoms with Gasteiger partial charge in [-0.25, -0.2) is 0 Å². The van der Waals surface area contributed by atoms with Gasteiger partial charge in [0.15, 0.2) is 0 Å². The summed E-state index contributed by atoms with van der Waals surface area (Å²) in [6, 6.07) is 2.94. The van der Waals surface area contributed by atoms with Crippen LogP contribution < -0.4 is 5.56 Å². The Morgan fingerprint density at radius 1 is 1.36 bits per heavy atom. The lowest BCUT2D eigenvalue weighted by Crippen LogP contribution is -2.23. The summed E-state index contributed by atoms with van der Waals surface area (Å²) < 4.78 is 10.1. The monoisotopic (exact) mass is 424 g/mol. The number of aryl methyl sites for hydroxylation is 1. The number of H-pyrrole nitrogens is 1. The minimum Gasteiger partial charge on any atom is -0.361 e. The van der Waals surface area contributed by atoms with E-state index < -0.39 is 8.07 Å². The van der Waals surface area contributed by atoms with Gasteiger partial charge in [-0.3, -0.25) is 4.79 Å². The molecule has 0 aliphatic carbocycles. The standard InChI is InChI=1S/C15H21BrN6O2Si/c1-21-8-11(16)10-7-12(14-17-19-20-18-14)22(13(10)15(21)23)9-24-5-6-25(2,3)4/h7-8H,5-6,9H2,1-4H3,(H,17,18,19,20). The Bertz CT molecular complexity index is 942. The minimum atomic E-state index is -1.18. The van der Waals surface area contributed by atoms with Crippen LogP contribution in [0.25, 0.3) is 22.4 Å². The summed E-state index contributed by atoms with van der Waals surface area (Å²) >= 11 is 3.53. The van der Waals surface area contributed by atoms with Gasteiger partial charge in [0.2, 0.25) is 5.82 Å². The van der Waals surface area contributed by atoms with Gasteiger partial charge in [0.25, 0.3) is 5.56 Å². The first-order valence-electron chi connectivity index (χ1n) is 7.98. The van der Waals surface area contributed by atoms with E-state index in [1.807, 2.05) is 10.6 Å². The van der Waals surface area contributed by atoms with Crippen LogP contribution in [0.2, 0.25) is 25.7 Å². The molecule has 3 aromatic rings. The largest absolute Gasteiger partial charge is 0.361 e. The molecule has 0 unspecified atom stereocenters. The fourth-order valence-electron chi connectivity index (χ4n) is 2.55. The van der Waals surface area contributed by atoms with Crippen LogP contribution in [0.5, 0.6) is 0 Å². The van der Waals surface area contributed by atoms with E-state index in [4.69, 9.17) is 4.74 Å². The molecule has 10 heteroatoms. The lowest BCUT2D eigenvalue weighted by atomic mass is 10.3. The van der Waals surface area contributed by atoms with E-state index in [2.05, 4.69) is 56.2 Å². The average Bonchev–Trinajstić information content (AvgIpc) is 3.16. The first-order chi connectivity index (χ1) is 11.8. The molecule has 8 nitrogen and oxygen atoms in total. The SMILES string of the molecule is Cn1cc(Br)c2cc(-c3nn[nH]n3)n(COCC[Si](C)(C)C)c2c1=O. The highest BCUT2D eigenvalue weighted by atomic mass is 79.9. The third kappa shape index (κ3) is 3.75. The molecule has 25 heavy (non-hydrogen) atoms. The molecule has 1 N–H and O–H groups in total. The van der Waals surface area contributed by atoms with Crippen molar-refractivity contribution in [1.82, 2.24) is 29.8 Å². The summed E-state index contributed by atoms with van der Waals surface area (Å²) in [6.07, 6.45) is 1.75. The highest BCUT2D eigenvalue weighted by molar-refractivity contribution is 9.10. The van der Waals surface area contributed by atoms with Gasteiger partial charge >= 0.3 is 0 Å². The van der Waals surface area contributed by atoms with Crippen molar-refractivity contribution in [1.29, 1.82) is 0 Å². The number of hydrogen-bond acceptors (Lipinski definition) is 5. The molecule has 0 spiro atoms. The number of aromatic nitrogens is 6. The topological polar surface area (TPSA) is 90.6 Å². The zero-order valence-electron chi connectivity index (χ0n) is 14.7. The Hall–Kier alpha value is -1.78. The van der Waals surface area contributed by atoms with Crippen LogP contribution in [0.1, 0.15) is 0 Å². The van der Waals surface area contributed by atoms with Crippen molar-refractivity contribution in [2.75, 3.05) is 6.61 Å². The molecule has 0 bridgehead atoms. The minimum absolute atomic E-state index is 0.0956. The summed E-state index contributed by atoms with van der Waals surface area (Å²) in [4.78, 5) is 12.7. The molecule has 0 aromatic carbocycles. The summed E-state index contributed by atoms with van der Waals surface area (Å²) in [6.45, 7) is 7.84. The van der Waals surface area contributed by atoms with E-state index in [9.17, 15) is 4.79 Å². The maximum atomic E-state index is 12.7. The van der Waals surface area contributed by atoms with Crippen molar-refractivity contribution in [3.63, 3.8) is 0 Å². The van der Waals surface area contributed by atoms with Gasteiger partial charge in [-0.05, 0) is 33.3 Å². The zero-order valence-corrected chi connectivity index (χ0v) is 17.3. The van der Waals surface area contributed by atoms with Crippen molar-refractivity contribution in [3.05, 3.63) is 27.1 Å². The van der Waals surface area contributed by atoms with Gasteiger partial charge in [0.05, 0.1) is 5.69 Å². The zero-order chi connectivity index (χ0) is 18.2. The Kier molecular flexibility index (Phi) is 4.94. The first-order valence-corrected chi connectivity index (χ1v) is 12.5. The normalized spacial score (nSPS) is 12.2. The van der Waals surface area contributed by atoms with Crippen LogP contribution in [-0.2, 0) is 18.5 Å². The fourth-order valence-corrected chi connectivity index (χ4v) is 3.92. The number of pyridine rings is 1. The number of tetrazole rings is 1. The van der Waals surface area contributed by atoms with Gasteiger partial charge in [-0.1, -0.05) is 19.6 Å². The van der Waals surface area contributed by atoms with Crippen LogP contribution in [0, 0.1) is 0 Å². The molecule has 0 aliphatic rings. The molecule has 0 aliphatic heterocycles. The number of ether oxygens (including phenoxy) is 1. The molecule has 0 saturated heterocycles. The van der Waals surface area contributed by atoms with Crippen molar-refractivity contribution in [2.24, 2.45) is 7.05 Å². The fraction of sp³-hybridized carbons (Fsp3) is 0.467. The van der Waals surface area contributed by atoms with E-state index in [0.29, 0.717) is 23.6 Å². The number of aromatic amines is 1. The van der Waals surface area contributed by atoms with Gasteiger partial charge < -0.3 is 13.9 Å². The second-order valence-electron chi connectivity index (χ2n) is 7.20. The number of nitrogens with one attached hydrogen (secondary N) is 1. The number of halogens is 1. The second kappa shape index (κ2) is 6.85. The third-order valence-corrected chi connectivity index (χ3v) is 6.31. The van der Waals surface area contributed by atoms with E-state index in [-0.39, 0.29) is 12.3 Å². The van der Waals surface area contributed by atoms with Crippen LogP contribution >= 0.6 is 15.9 Å². The lowest BCUT2D eigenvalue weighted by Gasteiger charge is -2.16. The van der Waals surface area contributed by atoms with E-state index >= 15 is 0 Å². The van der Waals surface area contributed by atoms with Gasteiger partial charge in [-0.2, -0.15) is 5.21 Å². The number of hydrogen-bond donors (Lipinski definition) is 1. The van der Waals surface area contributed by atoms with Crippen LogP contribution in [-0.4, -0.2) is 44.4 Å². The molecule has 3 aromatic heterocycles. The van der Waals surface area contributed by atoms with Gasteiger partial charge in [-0.15, -0.1) is 10.2 Å². The molecule has 3 rings (SSSR count). The van der Waals surface area contributed by atoms with Crippen LogP contribution in [0.15, 0.2) is 21.5 Å². The summed E-state index contributed by atoms with van der Waals surface area (Å²) in [7, 11) is 0.550. The Morgan fingerprint density at radius 2 is 2.12 bits per heavy atom. The molecule has 134 valence electrons. The third-order valence-electron chi connectivity index (χ3n) is 3.98. The van der Waals surface area contributed by atoms with Crippen LogP contribution in [0.4, 0.5) is 0 Å². The molecule has 0 radical (unpaired) electrons. The molecular weight excluding hydrogens is 404 g/mol. The first kappa shape index (κ1) is 18.0. The predicted octanol–water partition coefficient (Wildman–Crippen LogP) is 2.59. The van der Waals surface area contributed by atoms with E-state index in [0.717, 1.165) is 15.9 Å². The number of nitrogens with zero attached hydrogens (tertiary/aromatic N) is 5. The Labute approximate surface area is 154 Å². The van der Waals surface area contributed by atoms with Crippen molar-refractivity contribution >= 4 is 34.9 Å². The Balaban J connectivity index is 2.04. The van der Waals surface area contributed by atoms with E-state index in [1.54, 1.807) is 17.8 Å². The maximum absolute atomic E-state index is 12.7. The quantitative estimate of drug-likeness (QED) is 0.484. The van der Waals surface area contributed by atoms with Gasteiger partial charge in [0, 0.05) is 37.8 Å². The predicted molar refractivity (Wildman–Crippen MR) is 102 cm³/mol. The van der Waals surface area contributed by atoms with Gasteiger partial charge in [0.1, 0.15) is 12.2 Å². The molecule has 0 atom stereocenters.